The average Bonchev–Trinajstić information content (AvgIpc) is 2.36. The van der Waals surface area contributed by atoms with Gasteiger partial charge in [-0.25, -0.2) is 0 Å². The van der Waals surface area contributed by atoms with Gasteiger partial charge in [0, 0.05) is 0 Å². The second-order valence-electron chi connectivity index (χ2n) is 8.04. The SMILES string of the molecule is C=CC(C)=CC[C@H]1C(=C)CC[C@H]2C(C)(C)CCC[C@]12C. The van der Waals surface area contributed by atoms with Crippen molar-refractivity contribution >= 4 is 0 Å². The van der Waals surface area contributed by atoms with E-state index in [9.17, 15) is 0 Å². The summed E-state index contributed by atoms with van der Waals surface area (Å²) in [6, 6.07) is 0. The predicted molar refractivity (Wildman–Crippen MR) is 89.7 cm³/mol. The first-order valence-electron chi connectivity index (χ1n) is 8.28. The molecule has 0 unspecified atom stereocenters. The monoisotopic (exact) mass is 272 g/mol. The van der Waals surface area contributed by atoms with E-state index in [2.05, 4.69) is 46.9 Å². The number of rotatable bonds is 3. The van der Waals surface area contributed by atoms with Gasteiger partial charge in [-0.1, -0.05) is 63.6 Å². The first-order valence-corrected chi connectivity index (χ1v) is 8.28. The van der Waals surface area contributed by atoms with Crippen molar-refractivity contribution in [2.24, 2.45) is 22.7 Å². The van der Waals surface area contributed by atoms with Crippen LogP contribution in [0.4, 0.5) is 0 Å². The number of allylic oxidation sites excluding steroid dienone is 4. The van der Waals surface area contributed by atoms with Gasteiger partial charge >= 0.3 is 0 Å². The van der Waals surface area contributed by atoms with E-state index in [0.717, 1.165) is 12.3 Å². The Bertz CT molecular complexity index is 423. The van der Waals surface area contributed by atoms with Gasteiger partial charge in [0.15, 0.2) is 0 Å². The summed E-state index contributed by atoms with van der Waals surface area (Å²) in [6.45, 7) is 18.0. The summed E-state index contributed by atoms with van der Waals surface area (Å²) in [5, 5.41) is 0. The summed E-state index contributed by atoms with van der Waals surface area (Å²) in [5.74, 6) is 1.52. The molecule has 3 atom stereocenters. The average molecular weight is 272 g/mol. The molecule has 0 heteroatoms. The van der Waals surface area contributed by atoms with Crippen LogP contribution in [0.5, 0.6) is 0 Å². The van der Waals surface area contributed by atoms with E-state index < -0.39 is 0 Å². The molecule has 112 valence electrons. The van der Waals surface area contributed by atoms with E-state index in [0.29, 0.717) is 16.7 Å². The molecular weight excluding hydrogens is 240 g/mol. The van der Waals surface area contributed by atoms with Gasteiger partial charge in [-0.05, 0) is 61.7 Å². The molecule has 0 aromatic heterocycles. The van der Waals surface area contributed by atoms with Crippen LogP contribution in [0.25, 0.3) is 0 Å². The maximum atomic E-state index is 4.43. The minimum atomic E-state index is 0.453. The maximum absolute atomic E-state index is 4.43. The van der Waals surface area contributed by atoms with Crippen molar-refractivity contribution in [3.05, 3.63) is 36.5 Å². The van der Waals surface area contributed by atoms with Gasteiger partial charge in [-0.3, -0.25) is 0 Å². The molecule has 0 aromatic rings. The van der Waals surface area contributed by atoms with E-state index in [4.69, 9.17) is 0 Å². The van der Waals surface area contributed by atoms with Crippen molar-refractivity contribution in [3.8, 4) is 0 Å². The molecule has 0 spiro atoms. The molecule has 0 saturated heterocycles. The zero-order chi connectivity index (χ0) is 15.0. The van der Waals surface area contributed by atoms with Crippen molar-refractivity contribution < 1.29 is 0 Å². The van der Waals surface area contributed by atoms with Crippen LogP contribution in [0, 0.1) is 22.7 Å². The highest BCUT2D eigenvalue weighted by molar-refractivity contribution is 5.20. The summed E-state index contributed by atoms with van der Waals surface area (Å²) in [5.41, 5.74) is 3.76. The fourth-order valence-electron chi connectivity index (χ4n) is 5.10. The molecule has 2 saturated carbocycles. The molecule has 0 aliphatic heterocycles. The second-order valence-corrected chi connectivity index (χ2v) is 8.04. The van der Waals surface area contributed by atoms with Crippen LogP contribution in [0.2, 0.25) is 0 Å². The minimum Gasteiger partial charge on any atom is -0.0995 e. The van der Waals surface area contributed by atoms with E-state index in [1.54, 1.807) is 0 Å². The first-order chi connectivity index (χ1) is 9.31. The van der Waals surface area contributed by atoms with Gasteiger partial charge < -0.3 is 0 Å². The Hall–Kier alpha value is -0.780. The summed E-state index contributed by atoms with van der Waals surface area (Å²) in [6.07, 6.45) is 12.2. The van der Waals surface area contributed by atoms with Crippen molar-refractivity contribution in [3.63, 3.8) is 0 Å². The largest absolute Gasteiger partial charge is 0.0995 e. The third kappa shape index (κ3) is 2.67. The van der Waals surface area contributed by atoms with Gasteiger partial charge in [0.25, 0.3) is 0 Å². The zero-order valence-corrected chi connectivity index (χ0v) is 14.0. The summed E-state index contributed by atoms with van der Waals surface area (Å²) < 4.78 is 0. The van der Waals surface area contributed by atoms with Crippen LogP contribution >= 0.6 is 0 Å². The standard InChI is InChI=1S/C20H32/c1-7-15(2)9-11-17-16(3)10-12-18-19(4,5)13-8-14-20(17,18)6/h7,9,17-18H,1,3,8,10-14H2,2,4-6H3/t17-,18-,20+/m0/s1. The fourth-order valence-corrected chi connectivity index (χ4v) is 5.10. The Morgan fingerprint density at radius 2 is 2.00 bits per heavy atom. The van der Waals surface area contributed by atoms with Crippen molar-refractivity contribution in [2.75, 3.05) is 0 Å². The predicted octanol–water partition coefficient (Wildman–Crippen LogP) is 6.31. The van der Waals surface area contributed by atoms with Crippen LogP contribution in [-0.4, -0.2) is 0 Å². The fraction of sp³-hybridized carbons (Fsp3) is 0.700. The van der Waals surface area contributed by atoms with Crippen LogP contribution in [-0.2, 0) is 0 Å². The Kier molecular flexibility index (Phi) is 4.33. The van der Waals surface area contributed by atoms with Gasteiger partial charge in [0.1, 0.15) is 0 Å². The Balaban J connectivity index is 2.28. The Morgan fingerprint density at radius 1 is 1.30 bits per heavy atom. The number of fused-ring (bicyclic) bond motifs is 1. The quantitative estimate of drug-likeness (QED) is 0.417. The van der Waals surface area contributed by atoms with Gasteiger partial charge in [-0.15, -0.1) is 0 Å². The highest BCUT2D eigenvalue weighted by Crippen LogP contribution is 2.61. The highest BCUT2D eigenvalue weighted by atomic mass is 14.6. The van der Waals surface area contributed by atoms with Gasteiger partial charge in [0.2, 0.25) is 0 Å². The molecule has 0 heterocycles. The molecule has 0 amide bonds. The van der Waals surface area contributed by atoms with Crippen molar-refractivity contribution in [2.45, 2.75) is 66.2 Å². The third-order valence-corrected chi connectivity index (χ3v) is 6.32. The van der Waals surface area contributed by atoms with E-state index >= 15 is 0 Å². The molecular formula is C20H32. The lowest BCUT2D eigenvalue weighted by atomic mass is 9.47. The molecule has 2 fully saturated rings. The summed E-state index contributed by atoms with van der Waals surface area (Å²) in [7, 11) is 0. The lowest BCUT2D eigenvalue weighted by molar-refractivity contribution is -0.0510. The molecule has 2 aliphatic carbocycles. The molecule has 0 N–H and O–H groups in total. The molecule has 0 nitrogen and oxygen atoms in total. The summed E-state index contributed by atoms with van der Waals surface area (Å²) in [4.78, 5) is 0. The normalized spacial score (nSPS) is 37.4. The molecule has 0 bridgehead atoms. The lowest BCUT2D eigenvalue weighted by Gasteiger charge is -2.58. The van der Waals surface area contributed by atoms with Crippen LogP contribution < -0.4 is 0 Å². The van der Waals surface area contributed by atoms with E-state index in [-0.39, 0.29) is 0 Å². The zero-order valence-electron chi connectivity index (χ0n) is 14.0. The van der Waals surface area contributed by atoms with E-state index in [1.165, 1.54) is 43.3 Å². The van der Waals surface area contributed by atoms with Crippen LogP contribution in [0.3, 0.4) is 0 Å². The van der Waals surface area contributed by atoms with Gasteiger partial charge in [-0.2, -0.15) is 0 Å². The molecule has 2 rings (SSSR count). The lowest BCUT2D eigenvalue weighted by Crippen LogP contribution is -2.49. The summed E-state index contributed by atoms with van der Waals surface area (Å²) >= 11 is 0. The second kappa shape index (κ2) is 5.54. The Morgan fingerprint density at radius 3 is 2.65 bits per heavy atom. The minimum absolute atomic E-state index is 0.453. The number of hydrogen-bond donors (Lipinski definition) is 0. The van der Waals surface area contributed by atoms with Crippen LogP contribution in [0.1, 0.15) is 66.2 Å². The highest BCUT2D eigenvalue weighted by Gasteiger charge is 2.52. The Labute approximate surface area is 126 Å². The smallest absolute Gasteiger partial charge is 0.0114 e. The van der Waals surface area contributed by atoms with Crippen molar-refractivity contribution in [1.29, 1.82) is 0 Å². The maximum Gasteiger partial charge on any atom is -0.0114 e. The molecule has 0 aromatic carbocycles. The van der Waals surface area contributed by atoms with Crippen LogP contribution in [0.15, 0.2) is 36.5 Å². The third-order valence-electron chi connectivity index (χ3n) is 6.32. The first kappa shape index (κ1) is 15.6. The van der Waals surface area contributed by atoms with Gasteiger partial charge in [0.05, 0.1) is 0 Å². The molecule has 2 aliphatic rings. The topological polar surface area (TPSA) is 0 Å². The molecule has 20 heavy (non-hydrogen) atoms. The van der Waals surface area contributed by atoms with E-state index in [1.807, 2.05) is 6.08 Å². The molecule has 0 radical (unpaired) electrons. The number of hydrogen-bond acceptors (Lipinski definition) is 0. The van der Waals surface area contributed by atoms with Crippen molar-refractivity contribution in [1.82, 2.24) is 0 Å².